The van der Waals surface area contributed by atoms with Crippen LogP contribution < -0.4 is 21.0 Å². The summed E-state index contributed by atoms with van der Waals surface area (Å²) in [5.74, 6) is -1.12. The van der Waals surface area contributed by atoms with E-state index in [1.165, 1.54) is 13.3 Å². The molecule has 1 aromatic heterocycles. The molecule has 2 amide bonds. The second-order valence-corrected chi connectivity index (χ2v) is 7.39. The van der Waals surface area contributed by atoms with Crippen molar-refractivity contribution in [1.82, 2.24) is 20.9 Å². The number of aromatic hydroxyl groups is 1. The molecular weight excluding hydrogens is 450 g/mol. The Balaban J connectivity index is 1.67. The number of ether oxygens (including phenoxy) is 1. The van der Waals surface area contributed by atoms with Crippen molar-refractivity contribution in [2.45, 2.75) is 6.04 Å². The molecule has 1 atom stereocenters. The Morgan fingerprint density at radius 3 is 2.49 bits per heavy atom. The zero-order valence-electron chi connectivity index (χ0n) is 18.6. The Bertz CT molecular complexity index is 1470. The van der Waals surface area contributed by atoms with Crippen LogP contribution in [0.2, 0.25) is 0 Å². The average molecular weight is 471 g/mol. The number of phenols is 1. The van der Waals surface area contributed by atoms with E-state index in [4.69, 9.17) is 4.74 Å². The zero-order valence-corrected chi connectivity index (χ0v) is 18.6. The zero-order chi connectivity index (χ0) is 24.8. The van der Waals surface area contributed by atoms with Crippen LogP contribution in [0.4, 0.5) is 0 Å². The van der Waals surface area contributed by atoms with Gasteiger partial charge in [0.2, 0.25) is 0 Å². The molecule has 0 radical (unpaired) electrons. The maximum absolute atomic E-state index is 13.2. The standard InChI is InChI=1S/C25H21N5O5/c1-35-19-13-7-10-16(22(19)31)14-26-29-25(34)21(27-23(32)15-8-3-2-4-9-15)20-17-11-5-6-12-18(17)24(33)30-28-20/h2-14,21,31H,1H3,(H,27,32)(H,29,34)(H,30,33)/b26-14-/t21-/m1/s1. The average Bonchev–Trinajstić information content (AvgIpc) is 2.89. The van der Waals surface area contributed by atoms with E-state index < -0.39 is 23.4 Å². The Kier molecular flexibility index (Phi) is 6.82. The summed E-state index contributed by atoms with van der Waals surface area (Å²) in [6.45, 7) is 0. The van der Waals surface area contributed by atoms with Gasteiger partial charge in [-0.05, 0) is 30.3 Å². The number of methoxy groups -OCH3 is 1. The number of aromatic nitrogens is 2. The van der Waals surface area contributed by atoms with Gasteiger partial charge in [-0.2, -0.15) is 10.2 Å². The van der Waals surface area contributed by atoms with Crippen molar-refractivity contribution in [3.8, 4) is 11.5 Å². The maximum atomic E-state index is 13.2. The molecule has 0 aliphatic rings. The lowest BCUT2D eigenvalue weighted by molar-refractivity contribution is -0.123. The first kappa shape index (κ1) is 23.2. The number of phenolic OH excluding ortho intramolecular Hbond substituents is 1. The van der Waals surface area contributed by atoms with Crippen molar-refractivity contribution in [2.75, 3.05) is 7.11 Å². The Morgan fingerprint density at radius 2 is 1.74 bits per heavy atom. The minimum absolute atomic E-state index is 0.140. The van der Waals surface area contributed by atoms with E-state index in [0.29, 0.717) is 21.9 Å². The van der Waals surface area contributed by atoms with Crippen LogP contribution in [-0.2, 0) is 4.79 Å². The molecule has 0 spiro atoms. The molecular formula is C25H21N5O5. The summed E-state index contributed by atoms with van der Waals surface area (Å²) in [4.78, 5) is 38.3. The highest BCUT2D eigenvalue weighted by molar-refractivity contribution is 5.99. The normalized spacial score (nSPS) is 11.8. The number of carbonyl (C=O) groups excluding carboxylic acids is 2. The fourth-order valence-corrected chi connectivity index (χ4v) is 3.46. The largest absolute Gasteiger partial charge is 0.504 e. The molecule has 0 aliphatic heterocycles. The number of hydrogen-bond acceptors (Lipinski definition) is 7. The van der Waals surface area contributed by atoms with Crippen molar-refractivity contribution in [2.24, 2.45) is 5.10 Å². The molecule has 4 N–H and O–H groups in total. The summed E-state index contributed by atoms with van der Waals surface area (Å²) in [6.07, 6.45) is 1.24. The van der Waals surface area contributed by atoms with Gasteiger partial charge in [-0.1, -0.05) is 42.5 Å². The van der Waals surface area contributed by atoms with Crippen LogP contribution in [0.1, 0.15) is 27.7 Å². The number of para-hydroxylation sites is 1. The highest BCUT2D eigenvalue weighted by atomic mass is 16.5. The molecule has 3 aromatic carbocycles. The first-order chi connectivity index (χ1) is 17.0. The van der Waals surface area contributed by atoms with Crippen LogP contribution in [0.3, 0.4) is 0 Å². The fraction of sp³-hybridized carbons (Fsp3) is 0.0800. The van der Waals surface area contributed by atoms with Gasteiger partial charge in [0.1, 0.15) is 5.69 Å². The third-order valence-electron chi connectivity index (χ3n) is 5.20. The number of amides is 2. The number of nitrogens with zero attached hydrogens (tertiary/aromatic N) is 2. The minimum atomic E-state index is -1.29. The molecule has 0 unspecified atom stereocenters. The van der Waals surface area contributed by atoms with E-state index in [9.17, 15) is 19.5 Å². The smallest absolute Gasteiger partial charge is 0.272 e. The molecule has 35 heavy (non-hydrogen) atoms. The second-order valence-electron chi connectivity index (χ2n) is 7.39. The number of fused-ring (bicyclic) bond motifs is 1. The van der Waals surface area contributed by atoms with E-state index in [2.05, 4.69) is 26.0 Å². The van der Waals surface area contributed by atoms with Crippen molar-refractivity contribution >= 4 is 28.8 Å². The van der Waals surface area contributed by atoms with E-state index in [1.807, 2.05) is 0 Å². The van der Waals surface area contributed by atoms with Crippen LogP contribution in [0.5, 0.6) is 11.5 Å². The molecule has 0 aliphatic carbocycles. The molecule has 0 fully saturated rings. The van der Waals surface area contributed by atoms with Gasteiger partial charge in [0, 0.05) is 16.5 Å². The highest BCUT2D eigenvalue weighted by Gasteiger charge is 2.27. The van der Waals surface area contributed by atoms with Crippen LogP contribution in [-0.4, -0.2) is 40.4 Å². The van der Waals surface area contributed by atoms with Crippen molar-refractivity contribution in [3.63, 3.8) is 0 Å². The van der Waals surface area contributed by atoms with Gasteiger partial charge in [0.05, 0.1) is 18.7 Å². The maximum Gasteiger partial charge on any atom is 0.272 e. The van der Waals surface area contributed by atoms with Crippen molar-refractivity contribution in [3.05, 3.63) is 100.0 Å². The summed E-state index contributed by atoms with van der Waals surface area (Å²) in [7, 11) is 1.42. The topological polar surface area (TPSA) is 146 Å². The van der Waals surface area contributed by atoms with E-state index >= 15 is 0 Å². The highest BCUT2D eigenvalue weighted by Crippen LogP contribution is 2.28. The first-order valence-corrected chi connectivity index (χ1v) is 10.5. The first-order valence-electron chi connectivity index (χ1n) is 10.5. The number of benzene rings is 3. The van der Waals surface area contributed by atoms with Gasteiger partial charge in [-0.15, -0.1) is 0 Å². The fourth-order valence-electron chi connectivity index (χ4n) is 3.46. The molecule has 0 saturated carbocycles. The number of aromatic amines is 1. The molecule has 4 rings (SSSR count). The van der Waals surface area contributed by atoms with E-state index in [1.54, 1.807) is 72.8 Å². The summed E-state index contributed by atoms with van der Waals surface area (Å²) in [5.41, 5.74) is 2.72. The predicted octanol–water partition coefficient (Wildman–Crippen LogP) is 2.26. The lowest BCUT2D eigenvalue weighted by atomic mass is 10.0. The van der Waals surface area contributed by atoms with Crippen molar-refractivity contribution < 1.29 is 19.4 Å². The SMILES string of the molecule is COc1cccc(/C=N\NC(=O)[C@H](NC(=O)c2ccccc2)c2n[nH]c(=O)c3ccccc23)c1O. The number of rotatable bonds is 7. The third-order valence-corrected chi connectivity index (χ3v) is 5.20. The number of hydrazone groups is 1. The molecule has 0 saturated heterocycles. The molecule has 176 valence electrons. The van der Waals surface area contributed by atoms with Crippen LogP contribution in [0.15, 0.2) is 82.7 Å². The number of hydrogen-bond donors (Lipinski definition) is 4. The van der Waals surface area contributed by atoms with E-state index in [0.717, 1.165) is 0 Å². The summed E-state index contributed by atoms with van der Waals surface area (Å²) < 4.78 is 5.06. The summed E-state index contributed by atoms with van der Waals surface area (Å²) in [6, 6.07) is 18.5. The molecule has 0 bridgehead atoms. The van der Waals surface area contributed by atoms with Gasteiger partial charge in [0.15, 0.2) is 17.5 Å². The van der Waals surface area contributed by atoms with Crippen molar-refractivity contribution in [1.29, 1.82) is 0 Å². The summed E-state index contributed by atoms with van der Waals surface area (Å²) in [5, 5.41) is 23.9. The van der Waals surface area contributed by atoms with E-state index in [-0.39, 0.29) is 17.2 Å². The lowest BCUT2D eigenvalue weighted by Gasteiger charge is -2.18. The second kappa shape index (κ2) is 10.3. The van der Waals surface area contributed by atoms with Crippen LogP contribution >= 0.6 is 0 Å². The summed E-state index contributed by atoms with van der Waals surface area (Å²) >= 11 is 0. The van der Waals surface area contributed by atoms with Gasteiger partial charge in [-0.3, -0.25) is 14.4 Å². The molecule has 10 heteroatoms. The van der Waals surface area contributed by atoms with Gasteiger partial charge >= 0.3 is 0 Å². The Labute approximate surface area is 199 Å². The Hall–Kier alpha value is -4.99. The molecule has 1 heterocycles. The Morgan fingerprint density at radius 1 is 1.03 bits per heavy atom. The molecule has 4 aromatic rings. The lowest BCUT2D eigenvalue weighted by Crippen LogP contribution is -2.40. The quantitative estimate of drug-likeness (QED) is 0.240. The van der Waals surface area contributed by atoms with Crippen LogP contribution in [0, 0.1) is 0 Å². The third kappa shape index (κ3) is 5.01. The number of H-pyrrole nitrogens is 1. The number of nitrogens with one attached hydrogen (secondary N) is 3. The van der Waals surface area contributed by atoms with Crippen LogP contribution in [0.25, 0.3) is 10.8 Å². The van der Waals surface area contributed by atoms with Gasteiger partial charge < -0.3 is 15.2 Å². The molecule has 10 nitrogen and oxygen atoms in total. The monoisotopic (exact) mass is 471 g/mol. The predicted molar refractivity (Wildman–Crippen MR) is 129 cm³/mol. The minimum Gasteiger partial charge on any atom is -0.504 e. The van der Waals surface area contributed by atoms with Gasteiger partial charge in [0.25, 0.3) is 17.4 Å². The number of carbonyl (C=O) groups is 2. The van der Waals surface area contributed by atoms with Gasteiger partial charge in [-0.25, -0.2) is 10.5 Å².